The van der Waals surface area contributed by atoms with Crippen molar-refractivity contribution in [3.8, 4) is 0 Å². The van der Waals surface area contributed by atoms with Crippen molar-refractivity contribution in [2.75, 3.05) is 14.1 Å². The molecule has 1 unspecified atom stereocenters. The highest BCUT2D eigenvalue weighted by Gasteiger charge is 2.14. The zero-order valence-corrected chi connectivity index (χ0v) is 6.68. The van der Waals surface area contributed by atoms with E-state index in [4.69, 9.17) is 5.73 Å². The maximum absolute atomic E-state index is 10.7. The Morgan fingerprint density at radius 2 is 1.91 bits per heavy atom. The molecule has 0 aliphatic carbocycles. The molecule has 1 atom stereocenters. The number of nitrogens with one attached hydrogen (secondary N) is 2. The standard InChI is InChI=1S/C6H13N3O2/c1-8-5(10)3-4(7)6(11)9-2/h4H,3,7H2,1-2H3,(H,8,10)(H,9,11). The molecule has 0 spiro atoms. The highest BCUT2D eigenvalue weighted by Crippen LogP contribution is 1.86. The fraction of sp³-hybridized carbons (Fsp3) is 0.667. The zero-order valence-electron chi connectivity index (χ0n) is 6.68. The molecule has 0 rings (SSSR count). The number of rotatable bonds is 3. The van der Waals surface area contributed by atoms with Gasteiger partial charge in [0.2, 0.25) is 11.8 Å². The Labute approximate surface area is 65.3 Å². The van der Waals surface area contributed by atoms with Crippen LogP contribution >= 0.6 is 0 Å². The highest BCUT2D eigenvalue weighted by atomic mass is 16.2. The van der Waals surface area contributed by atoms with Crippen molar-refractivity contribution in [2.45, 2.75) is 12.5 Å². The van der Waals surface area contributed by atoms with Crippen molar-refractivity contribution in [2.24, 2.45) is 5.73 Å². The molecule has 0 aromatic rings. The van der Waals surface area contributed by atoms with Crippen LogP contribution in [-0.2, 0) is 9.59 Å². The van der Waals surface area contributed by atoms with Crippen molar-refractivity contribution in [3.63, 3.8) is 0 Å². The molecule has 0 heterocycles. The molecule has 64 valence electrons. The van der Waals surface area contributed by atoms with Crippen LogP contribution in [0.4, 0.5) is 0 Å². The van der Waals surface area contributed by atoms with Crippen LogP contribution in [0.5, 0.6) is 0 Å². The summed E-state index contributed by atoms with van der Waals surface area (Å²) < 4.78 is 0. The molecule has 11 heavy (non-hydrogen) atoms. The fourth-order valence-electron chi connectivity index (χ4n) is 0.580. The maximum Gasteiger partial charge on any atom is 0.237 e. The molecule has 0 saturated carbocycles. The molecule has 0 bridgehead atoms. The van der Waals surface area contributed by atoms with Crippen molar-refractivity contribution in [1.82, 2.24) is 10.6 Å². The molecule has 0 aliphatic heterocycles. The number of hydrogen-bond donors (Lipinski definition) is 3. The van der Waals surface area contributed by atoms with Crippen LogP contribution < -0.4 is 16.4 Å². The minimum absolute atomic E-state index is 0.0240. The van der Waals surface area contributed by atoms with E-state index in [9.17, 15) is 9.59 Å². The Kier molecular flexibility index (Phi) is 4.21. The second-order valence-electron chi connectivity index (χ2n) is 2.10. The summed E-state index contributed by atoms with van der Waals surface area (Å²) in [5.41, 5.74) is 5.33. The van der Waals surface area contributed by atoms with Gasteiger partial charge in [0.15, 0.2) is 0 Å². The van der Waals surface area contributed by atoms with E-state index in [2.05, 4.69) is 10.6 Å². The summed E-state index contributed by atoms with van der Waals surface area (Å²) in [7, 11) is 2.98. The first-order chi connectivity index (χ1) is 5.11. The second kappa shape index (κ2) is 4.68. The van der Waals surface area contributed by atoms with Gasteiger partial charge < -0.3 is 16.4 Å². The molecular weight excluding hydrogens is 146 g/mol. The van der Waals surface area contributed by atoms with E-state index in [1.807, 2.05) is 0 Å². The molecule has 0 aromatic heterocycles. The van der Waals surface area contributed by atoms with Gasteiger partial charge in [0.25, 0.3) is 0 Å². The molecule has 0 fully saturated rings. The Hall–Kier alpha value is -1.10. The third-order valence-corrected chi connectivity index (χ3v) is 1.27. The zero-order chi connectivity index (χ0) is 8.85. The molecule has 4 N–H and O–H groups in total. The van der Waals surface area contributed by atoms with E-state index in [1.165, 1.54) is 14.1 Å². The largest absolute Gasteiger partial charge is 0.359 e. The lowest BCUT2D eigenvalue weighted by molar-refractivity contribution is -0.127. The maximum atomic E-state index is 10.7. The smallest absolute Gasteiger partial charge is 0.237 e. The van der Waals surface area contributed by atoms with Crippen molar-refractivity contribution in [1.29, 1.82) is 0 Å². The molecule has 5 heteroatoms. The number of carbonyl (C=O) groups is 2. The lowest BCUT2D eigenvalue weighted by atomic mass is 10.2. The van der Waals surface area contributed by atoms with Gasteiger partial charge in [-0.15, -0.1) is 0 Å². The number of hydrogen-bond acceptors (Lipinski definition) is 3. The summed E-state index contributed by atoms with van der Waals surface area (Å²) in [5.74, 6) is -0.560. The quantitative estimate of drug-likeness (QED) is 0.454. The first-order valence-electron chi connectivity index (χ1n) is 3.29. The van der Waals surface area contributed by atoms with Gasteiger partial charge in [-0.2, -0.15) is 0 Å². The average molecular weight is 159 g/mol. The number of nitrogens with two attached hydrogens (primary N) is 1. The average Bonchev–Trinajstić information content (AvgIpc) is 2.02. The van der Waals surface area contributed by atoms with Gasteiger partial charge in [0.05, 0.1) is 12.5 Å². The van der Waals surface area contributed by atoms with Gasteiger partial charge in [0, 0.05) is 14.1 Å². The summed E-state index contributed by atoms with van der Waals surface area (Å²) in [4.78, 5) is 21.4. The minimum atomic E-state index is -0.750. The molecule has 0 aromatic carbocycles. The van der Waals surface area contributed by atoms with Crippen LogP contribution in [0, 0.1) is 0 Å². The van der Waals surface area contributed by atoms with Crippen molar-refractivity contribution < 1.29 is 9.59 Å². The highest BCUT2D eigenvalue weighted by molar-refractivity contribution is 5.87. The normalized spacial score (nSPS) is 11.9. The van der Waals surface area contributed by atoms with Crippen LogP contribution in [0.25, 0.3) is 0 Å². The van der Waals surface area contributed by atoms with E-state index in [1.54, 1.807) is 0 Å². The lowest BCUT2D eigenvalue weighted by Crippen LogP contribution is -2.41. The number of amides is 2. The number of likely N-dealkylation sites (N-methyl/N-ethyl adjacent to an activating group) is 1. The first kappa shape index (κ1) is 9.90. The topological polar surface area (TPSA) is 84.2 Å². The van der Waals surface area contributed by atoms with E-state index < -0.39 is 6.04 Å². The fourth-order valence-corrected chi connectivity index (χ4v) is 0.580. The van der Waals surface area contributed by atoms with E-state index in [-0.39, 0.29) is 18.2 Å². The van der Waals surface area contributed by atoms with Gasteiger partial charge in [-0.3, -0.25) is 9.59 Å². The van der Waals surface area contributed by atoms with Gasteiger partial charge in [-0.05, 0) is 0 Å². The molecule has 5 nitrogen and oxygen atoms in total. The van der Waals surface area contributed by atoms with Gasteiger partial charge in [-0.25, -0.2) is 0 Å². The molecular formula is C6H13N3O2. The predicted octanol–water partition coefficient (Wildman–Crippen LogP) is -1.80. The Bertz CT molecular complexity index is 158. The monoisotopic (exact) mass is 159 g/mol. The van der Waals surface area contributed by atoms with Crippen LogP contribution in [0.2, 0.25) is 0 Å². The molecule has 0 aliphatic rings. The first-order valence-corrected chi connectivity index (χ1v) is 3.29. The third-order valence-electron chi connectivity index (χ3n) is 1.27. The Morgan fingerprint density at radius 3 is 2.27 bits per heavy atom. The second-order valence-corrected chi connectivity index (χ2v) is 2.10. The molecule has 0 saturated heterocycles. The van der Waals surface area contributed by atoms with Crippen molar-refractivity contribution >= 4 is 11.8 Å². The van der Waals surface area contributed by atoms with E-state index >= 15 is 0 Å². The summed E-state index contributed by atoms with van der Waals surface area (Å²) >= 11 is 0. The molecule has 0 radical (unpaired) electrons. The summed E-state index contributed by atoms with van der Waals surface area (Å²) in [6.45, 7) is 0. The van der Waals surface area contributed by atoms with Crippen LogP contribution in [0.15, 0.2) is 0 Å². The Balaban J connectivity index is 3.77. The molecule has 2 amide bonds. The van der Waals surface area contributed by atoms with Gasteiger partial charge in [0.1, 0.15) is 0 Å². The minimum Gasteiger partial charge on any atom is -0.359 e. The summed E-state index contributed by atoms with van der Waals surface area (Å²) in [5, 5.41) is 4.73. The van der Waals surface area contributed by atoms with E-state index in [0.29, 0.717) is 0 Å². The van der Waals surface area contributed by atoms with E-state index in [0.717, 1.165) is 0 Å². The summed E-state index contributed by atoms with van der Waals surface area (Å²) in [6.07, 6.45) is 0.0240. The van der Waals surface area contributed by atoms with Crippen LogP contribution in [-0.4, -0.2) is 32.0 Å². The number of carbonyl (C=O) groups excluding carboxylic acids is 2. The lowest BCUT2D eigenvalue weighted by Gasteiger charge is -2.07. The SMILES string of the molecule is CNC(=O)CC(N)C(=O)NC. The van der Waals surface area contributed by atoms with Crippen LogP contribution in [0.3, 0.4) is 0 Å². The predicted molar refractivity (Wildman–Crippen MR) is 40.7 cm³/mol. The Morgan fingerprint density at radius 1 is 1.36 bits per heavy atom. The third kappa shape index (κ3) is 3.57. The van der Waals surface area contributed by atoms with Gasteiger partial charge in [-0.1, -0.05) is 0 Å². The summed E-state index contributed by atoms with van der Waals surface area (Å²) in [6, 6.07) is -0.750. The van der Waals surface area contributed by atoms with Gasteiger partial charge >= 0.3 is 0 Å². The van der Waals surface area contributed by atoms with Crippen molar-refractivity contribution in [3.05, 3.63) is 0 Å². The van der Waals surface area contributed by atoms with Crippen LogP contribution in [0.1, 0.15) is 6.42 Å².